The molecule has 3 rings (SSSR count). The average molecular weight is 262 g/mol. The minimum Gasteiger partial charge on any atom is -0.331 e. The Bertz CT molecular complexity index is 810. The summed E-state index contributed by atoms with van der Waals surface area (Å²) in [5, 5.41) is 1.93. The summed E-state index contributed by atoms with van der Waals surface area (Å²) in [5.74, 6) is 0.610. The van der Waals surface area contributed by atoms with Gasteiger partial charge >= 0.3 is 5.69 Å². The maximum atomic E-state index is 11.7. The minimum atomic E-state index is -0.435. The molecule has 7 heteroatoms. The molecular weight excluding hydrogens is 252 g/mol. The Morgan fingerprint density at radius 3 is 2.89 bits per heavy atom. The Morgan fingerprint density at radius 2 is 2.22 bits per heavy atom. The molecule has 0 saturated heterocycles. The minimum absolute atomic E-state index is 0.333. The van der Waals surface area contributed by atoms with Crippen molar-refractivity contribution >= 4 is 22.5 Å². The molecule has 0 atom stereocenters. The first-order valence-electron chi connectivity index (χ1n) is 5.47. The molecule has 6 nitrogen and oxygen atoms in total. The number of nitrogens with one attached hydrogen (secondary N) is 2. The molecule has 3 heterocycles. The van der Waals surface area contributed by atoms with Crippen LogP contribution in [0.2, 0.25) is 0 Å². The van der Waals surface area contributed by atoms with Crippen LogP contribution in [0.4, 0.5) is 0 Å². The van der Waals surface area contributed by atoms with Gasteiger partial charge in [0.15, 0.2) is 11.5 Å². The fraction of sp³-hybridized carbons (Fsp3) is 0.182. The number of aryl methyl sites for hydroxylation is 1. The van der Waals surface area contributed by atoms with E-state index in [-0.39, 0.29) is 0 Å². The molecule has 0 radical (unpaired) electrons. The predicted octanol–water partition coefficient (Wildman–Crippen LogP) is 1.16. The van der Waals surface area contributed by atoms with E-state index >= 15 is 0 Å². The van der Waals surface area contributed by atoms with Gasteiger partial charge in [-0.2, -0.15) is 0 Å². The van der Waals surface area contributed by atoms with E-state index in [2.05, 4.69) is 15.0 Å². The number of hydrogen-bond donors (Lipinski definition) is 2. The molecule has 0 aromatic carbocycles. The number of rotatable bonds is 2. The van der Waals surface area contributed by atoms with Gasteiger partial charge in [0.25, 0.3) is 5.56 Å². The smallest absolute Gasteiger partial charge is 0.330 e. The van der Waals surface area contributed by atoms with Crippen LogP contribution in [0.15, 0.2) is 27.1 Å². The van der Waals surface area contributed by atoms with Gasteiger partial charge in [-0.05, 0) is 18.4 Å². The summed E-state index contributed by atoms with van der Waals surface area (Å²) < 4.78 is 1.43. The molecule has 0 aliphatic rings. The molecule has 0 bridgehead atoms. The summed E-state index contributed by atoms with van der Waals surface area (Å²) >= 11 is 1.52. The molecule has 0 aliphatic carbocycles. The third-order valence-corrected chi connectivity index (χ3v) is 3.58. The quantitative estimate of drug-likeness (QED) is 0.727. The number of nitrogens with zero attached hydrogens (tertiary/aromatic N) is 2. The van der Waals surface area contributed by atoms with E-state index in [9.17, 15) is 9.59 Å². The lowest BCUT2D eigenvalue weighted by molar-refractivity contribution is 0.720. The lowest BCUT2D eigenvalue weighted by atomic mass is 10.4. The van der Waals surface area contributed by atoms with Crippen molar-refractivity contribution < 1.29 is 0 Å². The zero-order valence-electron chi connectivity index (χ0n) is 9.56. The Labute approximate surface area is 105 Å². The number of aromatic nitrogens is 4. The zero-order chi connectivity index (χ0) is 12.7. The van der Waals surface area contributed by atoms with E-state index in [1.165, 1.54) is 15.9 Å². The van der Waals surface area contributed by atoms with Crippen molar-refractivity contribution in [1.29, 1.82) is 0 Å². The molecule has 0 amide bonds. The molecule has 0 unspecified atom stereocenters. The molecule has 0 spiro atoms. The summed E-state index contributed by atoms with van der Waals surface area (Å²) in [6.07, 6.45) is 0. The normalized spacial score (nSPS) is 11.2. The molecule has 3 aromatic rings. The predicted molar refractivity (Wildman–Crippen MR) is 70.0 cm³/mol. The van der Waals surface area contributed by atoms with Gasteiger partial charge in [0, 0.05) is 6.54 Å². The van der Waals surface area contributed by atoms with E-state index in [1.807, 2.05) is 24.4 Å². The molecule has 2 N–H and O–H groups in total. The Balaban J connectivity index is 2.39. The SMILES string of the molecule is CCn1c(=O)[nH]c(=O)c2[nH]c(-c3cccs3)nc21. The van der Waals surface area contributed by atoms with Crippen LogP contribution in [0.1, 0.15) is 6.92 Å². The summed E-state index contributed by atoms with van der Waals surface area (Å²) in [4.78, 5) is 33.9. The molecule has 3 aromatic heterocycles. The molecule has 0 fully saturated rings. The highest BCUT2D eigenvalue weighted by atomic mass is 32.1. The van der Waals surface area contributed by atoms with E-state index < -0.39 is 11.2 Å². The largest absolute Gasteiger partial charge is 0.331 e. The summed E-state index contributed by atoms with van der Waals surface area (Å²) in [5.41, 5.74) is -0.135. The van der Waals surface area contributed by atoms with Crippen LogP contribution in [-0.4, -0.2) is 19.5 Å². The van der Waals surface area contributed by atoms with Crippen molar-refractivity contribution in [2.45, 2.75) is 13.5 Å². The summed E-state index contributed by atoms with van der Waals surface area (Å²) in [6, 6.07) is 3.81. The second kappa shape index (κ2) is 3.95. The first-order valence-corrected chi connectivity index (χ1v) is 6.35. The van der Waals surface area contributed by atoms with Gasteiger partial charge < -0.3 is 4.98 Å². The van der Waals surface area contributed by atoms with Crippen molar-refractivity contribution in [3.63, 3.8) is 0 Å². The zero-order valence-corrected chi connectivity index (χ0v) is 10.4. The van der Waals surface area contributed by atoms with Crippen LogP contribution in [0.5, 0.6) is 0 Å². The highest BCUT2D eigenvalue weighted by Crippen LogP contribution is 2.22. The number of aromatic amines is 2. The Hall–Kier alpha value is -2.15. The number of imidazole rings is 1. The monoisotopic (exact) mass is 262 g/mol. The van der Waals surface area contributed by atoms with Crippen LogP contribution < -0.4 is 11.2 Å². The summed E-state index contributed by atoms with van der Waals surface area (Å²) in [7, 11) is 0. The van der Waals surface area contributed by atoms with E-state index in [0.717, 1.165) is 4.88 Å². The van der Waals surface area contributed by atoms with Gasteiger partial charge in [-0.1, -0.05) is 6.07 Å². The highest BCUT2D eigenvalue weighted by Gasteiger charge is 2.13. The molecule has 0 saturated carbocycles. The highest BCUT2D eigenvalue weighted by molar-refractivity contribution is 7.13. The molecule has 92 valence electrons. The van der Waals surface area contributed by atoms with E-state index in [1.54, 1.807) is 0 Å². The van der Waals surface area contributed by atoms with Gasteiger partial charge in [-0.15, -0.1) is 11.3 Å². The van der Waals surface area contributed by atoms with Gasteiger partial charge in [-0.25, -0.2) is 9.78 Å². The molecule has 18 heavy (non-hydrogen) atoms. The van der Waals surface area contributed by atoms with Gasteiger partial charge in [-0.3, -0.25) is 14.3 Å². The Kier molecular flexibility index (Phi) is 2.41. The van der Waals surface area contributed by atoms with Crippen molar-refractivity contribution in [3.05, 3.63) is 38.4 Å². The van der Waals surface area contributed by atoms with Gasteiger partial charge in [0.1, 0.15) is 5.52 Å². The topological polar surface area (TPSA) is 83.5 Å². The maximum absolute atomic E-state index is 11.7. The van der Waals surface area contributed by atoms with Crippen molar-refractivity contribution in [2.24, 2.45) is 0 Å². The van der Waals surface area contributed by atoms with E-state index in [0.29, 0.717) is 23.5 Å². The third-order valence-electron chi connectivity index (χ3n) is 2.70. The van der Waals surface area contributed by atoms with Crippen molar-refractivity contribution in [2.75, 3.05) is 0 Å². The first-order chi connectivity index (χ1) is 8.70. The van der Waals surface area contributed by atoms with E-state index in [4.69, 9.17) is 0 Å². The van der Waals surface area contributed by atoms with Crippen LogP contribution in [-0.2, 0) is 6.54 Å². The van der Waals surface area contributed by atoms with Crippen LogP contribution in [0.3, 0.4) is 0 Å². The first kappa shape index (κ1) is 11.0. The lowest BCUT2D eigenvalue weighted by Crippen LogP contribution is -2.29. The Morgan fingerprint density at radius 1 is 1.39 bits per heavy atom. The van der Waals surface area contributed by atoms with Crippen LogP contribution >= 0.6 is 11.3 Å². The second-order valence-corrected chi connectivity index (χ2v) is 4.71. The van der Waals surface area contributed by atoms with Gasteiger partial charge in [0.05, 0.1) is 4.88 Å². The number of H-pyrrole nitrogens is 2. The maximum Gasteiger partial charge on any atom is 0.330 e. The fourth-order valence-corrected chi connectivity index (χ4v) is 2.53. The number of hydrogen-bond acceptors (Lipinski definition) is 4. The van der Waals surface area contributed by atoms with Crippen molar-refractivity contribution in [3.8, 4) is 10.7 Å². The van der Waals surface area contributed by atoms with Crippen LogP contribution in [0.25, 0.3) is 21.9 Å². The number of thiophene rings is 1. The van der Waals surface area contributed by atoms with Gasteiger partial charge in [0.2, 0.25) is 0 Å². The standard InChI is InChI=1S/C11H10N4O2S/c1-2-15-9-7(10(16)14-11(15)17)12-8(13-9)6-4-3-5-18-6/h3-5H,2H2,1H3,(H,12,13)(H,14,16,17). The average Bonchev–Trinajstić information content (AvgIpc) is 2.97. The lowest BCUT2D eigenvalue weighted by Gasteiger charge is -1.99. The van der Waals surface area contributed by atoms with Crippen LogP contribution in [0, 0.1) is 0 Å². The summed E-state index contributed by atoms with van der Waals surface area (Å²) in [6.45, 7) is 2.29. The third kappa shape index (κ3) is 1.52. The van der Waals surface area contributed by atoms with Crippen molar-refractivity contribution in [1.82, 2.24) is 19.5 Å². The second-order valence-electron chi connectivity index (χ2n) is 3.76. The molecular formula is C11H10N4O2S. The number of fused-ring (bicyclic) bond motifs is 1. The fourth-order valence-electron chi connectivity index (χ4n) is 1.86. The molecule has 0 aliphatic heterocycles.